The summed E-state index contributed by atoms with van der Waals surface area (Å²) >= 11 is 0. The van der Waals surface area contributed by atoms with Crippen molar-refractivity contribution in [3.63, 3.8) is 0 Å². The molecule has 0 saturated carbocycles. The number of nitrogens with one attached hydrogen (secondary N) is 4. The van der Waals surface area contributed by atoms with E-state index in [0.717, 1.165) is 11.8 Å². The molecule has 13 heteroatoms. The summed E-state index contributed by atoms with van der Waals surface area (Å²) < 4.78 is 7.35. The van der Waals surface area contributed by atoms with E-state index >= 15 is 0 Å². The van der Waals surface area contributed by atoms with Crippen molar-refractivity contribution in [2.75, 3.05) is 6.54 Å². The maximum atomic E-state index is 13.7. The predicted octanol–water partition coefficient (Wildman–Crippen LogP) is 1.30. The Morgan fingerprint density at radius 2 is 1.93 bits per heavy atom. The number of fused-ring (bicyclic) bond motifs is 3. The summed E-state index contributed by atoms with van der Waals surface area (Å²) in [6.45, 7) is 1.64. The number of hydrogen-bond acceptors (Lipinski definition) is 8. The fourth-order valence-electron chi connectivity index (χ4n) is 4.85. The molecule has 4 aromatic rings. The van der Waals surface area contributed by atoms with E-state index in [1.54, 1.807) is 35.1 Å². The van der Waals surface area contributed by atoms with Crippen LogP contribution in [0.15, 0.2) is 71.7 Å². The van der Waals surface area contributed by atoms with Gasteiger partial charge in [0.05, 0.1) is 11.7 Å². The monoisotopic (exact) mass is 587 g/mol. The van der Waals surface area contributed by atoms with Crippen LogP contribution < -0.4 is 21.3 Å². The van der Waals surface area contributed by atoms with Gasteiger partial charge in [-0.2, -0.15) is 0 Å². The summed E-state index contributed by atoms with van der Waals surface area (Å²) in [5.74, 6) is -2.09. The number of imidazole rings is 1. The predicted molar refractivity (Wildman–Crippen MR) is 154 cm³/mol. The zero-order valence-electron chi connectivity index (χ0n) is 23.5. The van der Waals surface area contributed by atoms with Crippen molar-refractivity contribution < 1.29 is 28.7 Å². The number of aromatic nitrogens is 3. The second kappa shape index (κ2) is 13.3. The Morgan fingerprint density at radius 1 is 1.12 bits per heavy atom. The van der Waals surface area contributed by atoms with Crippen LogP contribution in [-0.4, -0.2) is 67.8 Å². The van der Waals surface area contributed by atoms with Crippen LogP contribution in [0.5, 0.6) is 0 Å². The summed E-state index contributed by atoms with van der Waals surface area (Å²) in [6.07, 6.45) is 6.50. The number of aliphatic hydroxyl groups is 1. The van der Waals surface area contributed by atoms with Crippen molar-refractivity contribution in [2.45, 2.75) is 56.8 Å². The van der Waals surface area contributed by atoms with Crippen molar-refractivity contribution in [1.29, 1.82) is 0 Å². The van der Waals surface area contributed by atoms with Crippen molar-refractivity contribution in [3.8, 4) is 0 Å². The molecule has 1 aliphatic rings. The van der Waals surface area contributed by atoms with Gasteiger partial charge in [0, 0.05) is 31.6 Å². The number of pyridine rings is 1. The third-order valence-electron chi connectivity index (χ3n) is 7.19. The molecule has 0 saturated heterocycles. The van der Waals surface area contributed by atoms with E-state index in [0.29, 0.717) is 30.5 Å². The zero-order valence-corrected chi connectivity index (χ0v) is 23.5. The van der Waals surface area contributed by atoms with Crippen LogP contribution in [0.2, 0.25) is 0 Å². The number of hydrogen-bond donors (Lipinski definition) is 5. The number of carbonyl (C=O) groups excluding carboxylic acids is 4. The maximum absolute atomic E-state index is 13.7. The molecule has 1 aromatic carbocycles. The first-order valence-corrected chi connectivity index (χ1v) is 14.1. The molecule has 5 rings (SSSR count). The lowest BCUT2D eigenvalue weighted by molar-refractivity contribution is -0.125. The largest absolute Gasteiger partial charge is 0.446 e. The number of carbonyl (C=O) groups is 4. The molecular weight excluding hydrogens is 554 g/mol. The highest BCUT2D eigenvalue weighted by molar-refractivity contribution is 5.98. The highest BCUT2D eigenvalue weighted by Crippen LogP contribution is 2.20. The van der Waals surface area contributed by atoms with E-state index in [1.807, 2.05) is 30.3 Å². The van der Waals surface area contributed by atoms with Gasteiger partial charge in [0.1, 0.15) is 30.0 Å². The molecule has 0 spiro atoms. The van der Waals surface area contributed by atoms with Gasteiger partial charge in [0.25, 0.3) is 11.8 Å². The lowest BCUT2D eigenvalue weighted by Crippen LogP contribution is -2.52. The minimum atomic E-state index is -1.21. The summed E-state index contributed by atoms with van der Waals surface area (Å²) in [4.78, 5) is 61.1. The van der Waals surface area contributed by atoms with Crippen molar-refractivity contribution in [1.82, 2.24) is 35.6 Å². The SMILES string of the molecule is C[C@@H](O)[C@@H]1NC(=O)c2coc(n2)[C@H](Cc2ccccc2)NC(=O)[C@@H](NC(=O)c2ccc3nccn3c2)CCCCNC1=O. The number of oxazole rings is 1. The molecule has 1 aliphatic heterocycles. The average Bonchev–Trinajstić information content (AvgIpc) is 3.68. The van der Waals surface area contributed by atoms with Crippen LogP contribution >= 0.6 is 0 Å². The van der Waals surface area contributed by atoms with Gasteiger partial charge in [-0.3, -0.25) is 19.2 Å². The first kappa shape index (κ1) is 29.5. The van der Waals surface area contributed by atoms with Gasteiger partial charge in [0.2, 0.25) is 17.7 Å². The molecule has 2 bridgehead atoms. The Kier molecular flexibility index (Phi) is 9.11. The number of amides is 4. The third-order valence-corrected chi connectivity index (χ3v) is 7.19. The van der Waals surface area contributed by atoms with Gasteiger partial charge >= 0.3 is 0 Å². The summed E-state index contributed by atoms with van der Waals surface area (Å²) in [5, 5.41) is 21.2. The molecule has 4 heterocycles. The zero-order chi connectivity index (χ0) is 30.3. The average molecular weight is 588 g/mol. The standard InChI is InChI=1S/C30H33N7O6/c1-18(38)25-29(42)32-12-6-5-9-21(33-26(39)20-10-11-24-31-13-14-37(24)16-20)27(40)34-22(15-19-7-3-2-4-8-19)30-35-23(17-43-30)28(41)36-25/h2-4,7-8,10-11,13-14,16-18,21-22,25,38H,5-6,9,12,15H2,1H3,(H,32,42)(H,33,39)(H,34,40)(H,36,41)/t18-,21+,22+,25+/m1/s1. The van der Waals surface area contributed by atoms with E-state index in [9.17, 15) is 24.3 Å². The third kappa shape index (κ3) is 7.25. The van der Waals surface area contributed by atoms with Gasteiger partial charge in [-0.15, -0.1) is 0 Å². The van der Waals surface area contributed by atoms with E-state index in [4.69, 9.17) is 4.42 Å². The Morgan fingerprint density at radius 3 is 2.72 bits per heavy atom. The fourth-order valence-corrected chi connectivity index (χ4v) is 4.85. The Labute approximate surface area is 247 Å². The second-order valence-corrected chi connectivity index (χ2v) is 10.4. The first-order chi connectivity index (χ1) is 20.8. The number of benzene rings is 1. The van der Waals surface area contributed by atoms with Crippen LogP contribution in [0, 0.1) is 0 Å². The molecule has 13 nitrogen and oxygen atoms in total. The maximum Gasteiger partial charge on any atom is 0.273 e. The molecule has 4 amide bonds. The molecule has 0 aliphatic carbocycles. The first-order valence-electron chi connectivity index (χ1n) is 14.1. The van der Waals surface area contributed by atoms with Crippen LogP contribution in [0.3, 0.4) is 0 Å². The van der Waals surface area contributed by atoms with E-state index in [1.165, 1.54) is 6.92 Å². The molecule has 224 valence electrons. The summed E-state index contributed by atoms with van der Waals surface area (Å²) in [7, 11) is 0. The normalized spacial score (nSPS) is 21.0. The topological polar surface area (TPSA) is 180 Å². The fraction of sp³-hybridized carbons (Fsp3) is 0.333. The van der Waals surface area contributed by atoms with Crippen molar-refractivity contribution >= 4 is 29.3 Å². The Hall–Kier alpha value is -5.04. The van der Waals surface area contributed by atoms with E-state index in [-0.39, 0.29) is 24.6 Å². The molecule has 0 fully saturated rings. The lowest BCUT2D eigenvalue weighted by atomic mass is 10.0. The van der Waals surface area contributed by atoms with Gasteiger partial charge in [-0.05, 0) is 43.9 Å². The van der Waals surface area contributed by atoms with E-state index < -0.39 is 47.9 Å². The second-order valence-electron chi connectivity index (χ2n) is 10.4. The number of rotatable bonds is 5. The molecular formula is C30H33N7O6. The van der Waals surface area contributed by atoms with Gasteiger partial charge in [-0.25, -0.2) is 9.97 Å². The number of aliphatic hydroxyl groups excluding tert-OH is 1. The molecule has 43 heavy (non-hydrogen) atoms. The van der Waals surface area contributed by atoms with Crippen LogP contribution in [0.4, 0.5) is 0 Å². The molecule has 3 aromatic heterocycles. The Balaban J connectivity index is 1.43. The minimum Gasteiger partial charge on any atom is -0.446 e. The summed E-state index contributed by atoms with van der Waals surface area (Å²) in [5.41, 5.74) is 1.80. The molecule has 0 unspecified atom stereocenters. The van der Waals surface area contributed by atoms with E-state index in [2.05, 4.69) is 31.2 Å². The summed E-state index contributed by atoms with van der Waals surface area (Å²) in [6, 6.07) is 9.82. The number of nitrogens with zero attached hydrogens (tertiary/aromatic N) is 3. The highest BCUT2D eigenvalue weighted by Gasteiger charge is 2.30. The smallest absolute Gasteiger partial charge is 0.273 e. The van der Waals surface area contributed by atoms with Crippen molar-refractivity contribution in [3.05, 3.63) is 90.0 Å². The molecule has 0 radical (unpaired) electrons. The van der Waals surface area contributed by atoms with Crippen LogP contribution in [-0.2, 0) is 16.0 Å². The Bertz CT molecular complexity index is 1600. The molecule has 4 atom stereocenters. The van der Waals surface area contributed by atoms with Gasteiger partial charge < -0.3 is 35.2 Å². The quantitative estimate of drug-likeness (QED) is 0.232. The van der Waals surface area contributed by atoms with Crippen LogP contribution in [0.1, 0.15) is 64.5 Å². The van der Waals surface area contributed by atoms with Crippen LogP contribution in [0.25, 0.3) is 5.65 Å². The molecule has 5 N–H and O–H groups in total. The minimum absolute atomic E-state index is 0.0723. The lowest BCUT2D eigenvalue weighted by Gasteiger charge is -2.23. The highest BCUT2D eigenvalue weighted by atomic mass is 16.3. The van der Waals surface area contributed by atoms with Gasteiger partial charge in [-0.1, -0.05) is 30.3 Å². The van der Waals surface area contributed by atoms with Gasteiger partial charge in [0.15, 0.2) is 5.69 Å². The van der Waals surface area contributed by atoms with Crippen molar-refractivity contribution in [2.24, 2.45) is 0 Å².